The third-order valence-corrected chi connectivity index (χ3v) is 6.81. The van der Waals surface area contributed by atoms with E-state index in [0.29, 0.717) is 33.6 Å². The predicted molar refractivity (Wildman–Crippen MR) is 142 cm³/mol. The van der Waals surface area contributed by atoms with E-state index in [0.717, 1.165) is 22.3 Å². The molecule has 0 fully saturated rings. The van der Waals surface area contributed by atoms with Crippen LogP contribution in [0.2, 0.25) is 5.02 Å². The number of rotatable bonds is 8. The lowest BCUT2D eigenvalue weighted by Gasteiger charge is -2.23. The lowest BCUT2D eigenvalue weighted by Crippen LogP contribution is -2.49. The minimum atomic E-state index is -0.506. The van der Waals surface area contributed by atoms with Crippen molar-refractivity contribution in [3.63, 3.8) is 0 Å². The van der Waals surface area contributed by atoms with Gasteiger partial charge in [0.15, 0.2) is 5.75 Å². The van der Waals surface area contributed by atoms with Crippen molar-refractivity contribution < 1.29 is 24.1 Å². The van der Waals surface area contributed by atoms with Crippen molar-refractivity contribution in [1.82, 2.24) is 15.6 Å². The van der Waals surface area contributed by atoms with E-state index < -0.39 is 12.1 Å². The van der Waals surface area contributed by atoms with Crippen molar-refractivity contribution in [3.05, 3.63) is 98.2 Å². The number of carbonyl (C=O) groups excluding carboxylic acids is 1. The van der Waals surface area contributed by atoms with Crippen LogP contribution >= 0.6 is 11.6 Å². The number of benzene rings is 2. The second-order valence-electron chi connectivity index (χ2n) is 10.2. The quantitative estimate of drug-likeness (QED) is 0.218. The molecule has 2 heterocycles. The SMILES string of the molecule is Cc1ncc2c(c1OC(=O)c1ccc(C(C)ON[N+](=O)N(C)C(C)(C)C)cc1)CO[C@H]2c1ccc(Cl)cc1. The third kappa shape index (κ3) is 5.96. The number of hydrogen-bond donors (Lipinski definition) is 1. The summed E-state index contributed by atoms with van der Waals surface area (Å²) in [4.78, 5) is 35.7. The summed E-state index contributed by atoms with van der Waals surface area (Å²) in [5, 5.41) is 2.12. The molecule has 2 aromatic carbocycles. The molecule has 0 spiro atoms. The molecule has 1 N–H and O–H groups in total. The molecule has 1 aromatic heterocycles. The zero-order chi connectivity index (χ0) is 27.6. The maximum absolute atomic E-state index is 13.0. The molecular formula is C28H32ClN4O5+. The first-order chi connectivity index (χ1) is 18.0. The van der Waals surface area contributed by atoms with Crippen LogP contribution in [0.5, 0.6) is 5.75 Å². The molecule has 0 bridgehead atoms. The van der Waals surface area contributed by atoms with Gasteiger partial charge in [-0.25, -0.2) is 9.63 Å². The molecule has 10 heteroatoms. The highest BCUT2D eigenvalue weighted by molar-refractivity contribution is 6.30. The fraction of sp³-hybridized carbons (Fsp3) is 0.357. The van der Waals surface area contributed by atoms with E-state index in [1.165, 1.54) is 5.01 Å². The highest BCUT2D eigenvalue weighted by atomic mass is 35.5. The van der Waals surface area contributed by atoms with E-state index in [1.807, 2.05) is 45.0 Å². The number of nitrogens with one attached hydrogen (secondary N) is 1. The van der Waals surface area contributed by atoms with Crippen LogP contribution in [0.25, 0.3) is 0 Å². The van der Waals surface area contributed by atoms with Gasteiger partial charge in [-0.1, -0.05) is 35.9 Å². The number of ether oxygens (including phenoxy) is 2. The zero-order valence-corrected chi connectivity index (χ0v) is 23.1. The fourth-order valence-electron chi connectivity index (χ4n) is 3.90. The summed E-state index contributed by atoms with van der Waals surface area (Å²) >= 11 is 6.02. The average molecular weight is 540 g/mol. The molecule has 2 atom stereocenters. The van der Waals surface area contributed by atoms with Gasteiger partial charge in [-0.3, -0.25) is 4.98 Å². The Morgan fingerprint density at radius 1 is 1.18 bits per heavy atom. The molecule has 0 aliphatic carbocycles. The van der Waals surface area contributed by atoms with Gasteiger partial charge in [0, 0.05) is 27.9 Å². The molecule has 1 aliphatic rings. The van der Waals surface area contributed by atoms with Crippen molar-refractivity contribution in [2.75, 3.05) is 7.05 Å². The van der Waals surface area contributed by atoms with Gasteiger partial charge in [-0.2, -0.15) is 0 Å². The predicted octanol–water partition coefficient (Wildman–Crippen LogP) is 5.80. The number of aromatic nitrogens is 1. The summed E-state index contributed by atoms with van der Waals surface area (Å²) in [6.07, 6.45) is 1.01. The lowest BCUT2D eigenvalue weighted by molar-refractivity contribution is -0.797. The van der Waals surface area contributed by atoms with E-state index in [4.69, 9.17) is 25.9 Å². The van der Waals surface area contributed by atoms with Gasteiger partial charge >= 0.3 is 5.97 Å². The van der Waals surface area contributed by atoms with Gasteiger partial charge in [0.1, 0.15) is 12.2 Å². The Kier molecular flexibility index (Phi) is 8.01. The molecule has 9 nitrogen and oxygen atoms in total. The van der Waals surface area contributed by atoms with Gasteiger partial charge in [0.2, 0.25) is 0 Å². The Morgan fingerprint density at radius 3 is 2.47 bits per heavy atom. The maximum Gasteiger partial charge on any atom is 0.343 e. The lowest BCUT2D eigenvalue weighted by atomic mass is 10.0. The van der Waals surface area contributed by atoms with E-state index >= 15 is 0 Å². The molecule has 1 unspecified atom stereocenters. The van der Waals surface area contributed by atoms with Crippen LogP contribution in [0.4, 0.5) is 0 Å². The number of nitrogens with zero attached hydrogens (tertiary/aromatic N) is 3. The Morgan fingerprint density at radius 2 is 1.84 bits per heavy atom. The Labute approximate surface area is 227 Å². The molecule has 38 heavy (non-hydrogen) atoms. The summed E-state index contributed by atoms with van der Waals surface area (Å²) in [5.74, 6) is -0.0959. The topological polar surface area (TPSA) is 93.0 Å². The number of hydrogen-bond acceptors (Lipinski definition) is 6. The molecule has 0 amide bonds. The van der Waals surface area contributed by atoms with Crippen molar-refractivity contribution in [3.8, 4) is 5.75 Å². The zero-order valence-electron chi connectivity index (χ0n) is 22.3. The standard InChI is InChI=1S/C28H32ClN4O5/c1-17-25(24-16-36-26(23(24)15-30-17)20-11-13-22(29)14-12-20)37-27(34)21-9-7-19(8-10-21)18(2)38-31-33(35)32(6)28(3,4)5/h7-15,18,26H,16H2,1-6H3,(H,31,35)/q+1/t18?,26-/m0/s1. The molecule has 0 saturated carbocycles. The highest BCUT2D eigenvalue weighted by Gasteiger charge is 2.31. The Balaban J connectivity index is 1.43. The Bertz CT molecular complexity index is 1320. The van der Waals surface area contributed by atoms with E-state index in [9.17, 15) is 9.70 Å². The Hall–Kier alpha value is -3.53. The smallest absolute Gasteiger partial charge is 0.343 e. The maximum atomic E-state index is 13.0. The molecule has 0 radical (unpaired) electrons. The minimum absolute atomic E-state index is 0.302. The van der Waals surface area contributed by atoms with Gasteiger partial charge in [0.25, 0.3) is 4.98 Å². The summed E-state index contributed by atoms with van der Waals surface area (Å²) in [5.41, 5.74) is 6.38. The minimum Gasteiger partial charge on any atom is -0.421 e. The molecule has 3 aromatic rings. The van der Waals surface area contributed by atoms with E-state index in [2.05, 4.69) is 10.6 Å². The van der Waals surface area contributed by atoms with Gasteiger partial charge < -0.3 is 9.47 Å². The van der Waals surface area contributed by atoms with Crippen molar-refractivity contribution >= 4 is 17.6 Å². The number of nitroso groups, excluding NO2 is 1. The second kappa shape index (κ2) is 11.1. The second-order valence-corrected chi connectivity index (χ2v) is 10.6. The molecule has 0 saturated heterocycles. The van der Waals surface area contributed by atoms with Crippen LogP contribution in [0.3, 0.4) is 0 Å². The summed E-state index contributed by atoms with van der Waals surface area (Å²) < 4.78 is 11.8. The molecular weight excluding hydrogens is 508 g/mol. The van der Waals surface area contributed by atoms with Crippen molar-refractivity contribution in [2.45, 2.75) is 59.0 Å². The number of fused-ring (bicyclic) bond motifs is 1. The van der Waals surface area contributed by atoms with Crippen LogP contribution in [0.15, 0.2) is 54.7 Å². The van der Waals surface area contributed by atoms with E-state index in [-0.39, 0.29) is 11.6 Å². The van der Waals surface area contributed by atoms with Crippen LogP contribution < -0.4 is 10.3 Å². The van der Waals surface area contributed by atoms with Crippen molar-refractivity contribution in [2.24, 2.45) is 0 Å². The van der Waals surface area contributed by atoms with E-state index in [1.54, 1.807) is 51.4 Å². The number of halogens is 1. The van der Waals surface area contributed by atoms with Crippen molar-refractivity contribution in [1.29, 1.82) is 0 Å². The van der Waals surface area contributed by atoms with Gasteiger partial charge in [-0.05, 0) is 70.0 Å². The fourth-order valence-corrected chi connectivity index (χ4v) is 4.03. The normalized spacial score (nSPS) is 15.5. The number of aryl methyl sites for hydroxylation is 1. The number of pyridine rings is 1. The average Bonchev–Trinajstić information content (AvgIpc) is 3.32. The van der Waals surface area contributed by atoms with Gasteiger partial charge in [-0.15, -0.1) is 5.01 Å². The first kappa shape index (κ1) is 27.5. The highest BCUT2D eigenvalue weighted by Crippen LogP contribution is 2.41. The summed E-state index contributed by atoms with van der Waals surface area (Å²) in [6.45, 7) is 9.62. The summed E-state index contributed by atoms with van der Waals surface area (Å²) in [6, 6.07) is 14.3. The van der Waals surface area contributed by atoms with Crippen LogP contribution in [-0.4, -0.2) is 33.5 Å². The van der Waals surface area contributed by atoms with Crippen LogP contribution in [-0.2, 0) is 16.2 Å². The van der Waals surface area contributed by atoms with Gasteiger partial charge in [0.05, 0.1) is 35.4 Å². The first-order valence-corrected chi connectivity index (χ1v) is 12.6. The molecule has 4 rings (SSSR count). The summed E-state index contributed by atoms with van der Waals surface area (Å²) in [7, 11) is 1.66. The largest absolute Gasteiger partial charge is 0.421 e. The number of carbonyl (C=O) groups is 1. The molecule has 1 aliphatic heterocycles. The number of esters is 1. The number of hydrazine groups is 2. The van der Waals surface area contributed by atoms with Crippen LogP contribution in [0, 0.1) is 11.8 Å². The molecule has 200 valence electrons. The monoisotopic (exact) mass is 539 g/mol. The third-order valence-electron chi connectivity index (χ3n) is 6.56. The first-order valence-electron chi connectivity index (χ1n) is 12.3. The van der Waals surface area contributed by atoms with Crippen LogP contribution in [0.1, 0.15) is 78.2 Å².